The van der Waals surface area contributed by atoms with Crippen molar-refractivity contribution in [2.45, 2.75) is 31.7 Å². The molecule has 2 aliphatic heterocycles. The lowest BCUT2D eigenvalue weighted by Gasteiger charge is -2.20. The highest BCUT2D eigenvalue weighted by Crippen LogP contribution is 2.41. The normalized spacial score (nSPS) is 19.6. The van der Waals surface area contributed by atoms with Crippen LogP contribution in [0.4, 0.5) is 8.78 Å². The number of alkyl halides is 2. The second-order valence-corrected chi connectivity index (χ2v) is 7.99. The average molecular weight is 436 g/mol. The van der Waals surface area contributed by atoms with Crippen molar-refractivity contribution in [2.75, 3.05) is 20.2 Å². The summed E-state index contributed by atoms with van der Waals surface area (Å²) in [6.45, 7) is 1.18. The number of aromatic nitrogens is 1. The first kappa shape index (κ1) is 20.5. The molecule has 1 atom stereocenters. The molecular formula is C21H20ClF2N3O3. The topological polar surface area (TPSA) is 71.5 Å². The molecule has 0 aliphatic carbocycles. The van der Waals surface area contributed by atoms with E-state index in [1.165, 1.54) is 11.9 Å². The first-order valence-corrected chi connectivity index (χ1v) is 9.88. The summed E-state index contributed by atoms with van der Waals surface area (Å²) in [7, 11) is 1.53. The fourth-order valence-electron chi connectivity index (χ4n) is 3.89. The number of rotatable bonds is 3. The fourth-order valence-corrected chi connectivity index (χ4v) is 4.17. The van der Waals surface area contributed by atoms with E-state index < -0.39 is 30.8 Å². The van der Waals surface area contributed by atoms with Gasteiger partial charge in [0.15, 0.2) is 5.75 Å². The number of amides is 2. The van der Waals surface area contributed by atoms with Crippen LogP contribution in [-0.2, 0) is 6.42 Å². The number of pyridine rings is 1. The molecule has 0 saturated carbocycles. The zero-order valence-electron chi connectivity index (χ0n) is 16.5. The van der Waals surface area contributed by atoms with Crippen LogP contribution in [0.5, 0.6) is 5.75 Å². The van der Waals surface area contributed by atoms with Gasteiger partial charge in [0.2, 0.25) is 0 Å². The number of benzene rings is 1. The summed E-state index contributed by atoms with van der Waals surface area (Å²) in [5, 5.41) is 2.81. The summed E-state index contributed by atoms with van der Waals surface area (Å²) < 4.78 is 33.4. The van der Waals surface area contributed by atoms with Gasteiger partial charge in [0.1, 0.15) is 12.3 Å². The standard InChI is InChI=1S/C21H20ClF2N3O3/c1-11-13(5-12-3-4-16(26-8-12)19(28)25-2)6-15-18(17(11)22)30-9-14-7-21(23,24)10-27(14)20(15)29/h3-4,6,8,14H,5,7,9-10H2,1-2H3,(H,25,28)/t14-/m1/s1. The van der Waals surface area contributed by atoms with Crippen molar-refractivity contribution in [3.63, 3.8) is 0 Å². The predicted molar refractivity (Wildman–Crippen MR) is 107 cm³/mol. The number of ether oxygens (including phenoxy) is 1. The molecule has 0 unspecified atom stereocenters. The van der Waals surface area contributed by atoms with E-state index in [1.807, 2.05) is 6.92 Å². The number of halogens is 3. The molecule has 1 fully saturated rings. The average Bonchev–Trinajstić information content (AvgIpc) is 2.98. The van der Waals surface area contributed by atoms with Gasteiger partial charge in [-0.05, 0) is 42.2 Å². The largest absolute Gasteiger partial charge is 0.489 e. The quantitative estimate of drug-likeness (QED) is 0.803. The molecule has 2 aliphatic rings. The SMILES string of the molecule is CNC(=O)c1ccc(Cc2cc3c(c(Cl)c2C)OC[C@H]2CC(F)(F)CN2C3=O)cn1. The Morgan fingerprint density at radius 2 is 2.20 bits per heavy atom. The van der Waals surface area contributed by atoms with Crippen LogP contribution in [0.2, 0.25) is 5.02 Å². The minimum absolute atomic E-state index is 0.0162. The second-order valence-electron chi connectivity index (χ2n) is 7.62. The molecule has 1 N–H and O–H groups in total. The van der Waals surface area contributed by atoms with Crippen molar-refractivity contribution in [3.8, 4) is 5.75 Å². The Morgan fingerprint density at radius 3 is 2.87 bits per heavy atom. The molecular weight excluding hydrogens is 416 g/mol. The molecule has 4 rings (SSSR count). The van der Waals surface area contributed by atoms with E-state index in [9.17, 15) is 18.4 Å². The van der Waals surface area contributed by atoms with E-state index in [0.717, 1.165) is 16.7 Å². The zero-order valence-corrected chi connectivity index (χ0v) is 17.2. The molecule has 1 aromatic carbocycles. The highest BCUT2D eigenvalue weighted by molar-refractivity contribution is 6.33. The van der Waals surface area contributed by atoms with Crippen molar-refractivity contribution in [1.82, 2.24) is 15.2 Å². The zero-order chi connectivity index (χ0) is 21.6. The third kappa shape index (κ3) is 3.60. The maximum atomic E-state index is 13.8. The Hall–Kier alpha value is -2.74. The maximum absolute atomic E-state index is 13.8. The van der Waals surface area contributed by atoms with E-state index in [0.29, 0.717) is 17.1 Å². The molecule has 1 aromatic heterocycles. The van der Waals surface area contributed by atoms with Gasteiger partial charge in [-0.2, -0.15) is 0 Å². The Balaban J connectivity index is 1.67. The molecule has 6 nitrogen and oxygen atoms in total. The number of hydrogen-bond donors (Lipinski definition) is 1. The van der Waals surface area contributed by atoms with E-state index in [-0.39, 0.29) is 23.8 Å². The first-order valence-electron chi connectivity index (χ1n) is 9.51. The summed E-state index contributed by atoms with van der Waals surface area (Å²) in [5.74, 6) is -3.46. The summed E-state index contributed by atoms with van der Waals surface area (Å²) in [4.78, 5) is 30.0. The predicted octanol–water partition coefficient (Wildman–Crippen LogP) is 3.24. The number of carbonyl (C=O) groups is 2. The van der Waals surface area contributed by atoms with Gasteiger partial charge in [-0.1, -0.05) is 17.7 Å². The van der Waals surface area contributed by atoms with Gasteiger partial charge in [-0.3, -0.25) is 14.6 Å². The molecule has 158 valence electrons. The molecule has 0 radical (unpaired) electrons. The molecule has 2 aromatic rings. The highest BCUT2D eigenvalue weighted by Gasteiger charge is 2.49. The van der Waals surface area contributed by atoms with Crippen LogP contribution in [0.3, 0.4) is 0 Å². The third-order valence-corrected chi connectivity index (χ3v) is 6.00. The highest BCUT2D eigenvalue weighted by atomic mass is 35.5. The van der Waals surface area contributed by atoms with Crippen LogP contribution in [0.25, 0.3) is 0 Å². The first-order chi connectivity index (χ1) is 14.2. The second kappa shape index (κ2) is 7.50. The monoisotopic (exact) mass is 435 g/mol. The van der Waals surface area contributed by atoms with Crippen molar-refractivity contribution in [3.05, 3.63) is 57.4 Å². The minimum Gasteiger partial charge on any atom is -0.489 e. The van der Waals surface area contributed by atoms with Gasteiger partial charge in [-0.25, -0.2) is 8.78 Å². The van der Waals surface area contributed by atoms with E-state index in [1.54, 1.807) is 24.4 Å². The van der Waals surface area contributed by atoms with E-state index >= 15 is 0 Å². The third-order valence-electron chi connectivity index (χ3n) is 5.54. The van der Waals surface area contributed by atoms with Gasteiger partial charge in [0.25, 0.3) is 17.7 Å². The van der Waals surface area contributed by atoms with Crippen molar-refractivity contribution in [2.24, 2.45) is 0 Å². The van der Waals surface area contributed by atoms with Crippen LogP contribution < -0.4 is 10.1 Å². The van der Waals surface area contributed by atoms with Gasteiger partial charge < -0.3 is 15.0 Å². The van der Waals surface area contributed by atoms with Gasteiger partial charge >= 0.3 is 0 Å². The molecule has 30 heavy (non-hydrogen) atoms. The molecule has 1 saturated heterocycles. The number of fused-ring (bicyclic) bond motifs is 2. The van der Waals surface area contributed by atoms with Crippen LogP contribution in [-0.4, -0.2) is 53.9 Å². The molecule has 9 heteroatoms. The number of nitrogens with one attached hydrogen (secondary N) is 1. The van der Waals surface area contributed by atoms with Crippen LogP contribution in [0.15, 0.2) is 24.4 Å². The summed E-state index contributed by atoms with van der Waals surface area (Å²) in [6.07, 6.45) is 1.57. The van der Waals surface area contributed by atoms with E-state index in [4.69, 9.17) is 16.3 Å². The van der Waals surface area contributed by atoms with E-state index in [2.05, 4.69) is 10.3 Å². The summed E-state index contributed by atoms with van der Waals surface area (Å²) in [5.41, 5.74) is 2.80. The van der Waals surface area contributed by atoms with Crippen LogP contribution >= 0.6 is 11.6 Å². The minimum atomic E-state index is -2.92. The van der Waals surface area contributed by atoms with Gasteiger partial charge in [-0.15, -0.1) is 0 Å². The molecule has 3 heterocycles. The number of carbonyl (C=O) groups excluding carboxylic acids is 2. The Bertz CT molecular complexity index is 1030. The Kier molecular flexibility index (Phi) is 5.13. The Labute approximate surface area is 177 Å². The fraction of sp³-hybridized carbons (Fsp3) is 0.381. The van der Waals surface area contributed by atoms with Crippen molar-refractivity contribution >= 4 is 23.4 Å². The van der Waals surface area contributed by atoms with Gasteiger partial charge in [0, 0.05) is 19.7 Å². The number of nitrogens with zero attached hydrogens (tertiary/aromatic N) is 2. The molecule has 0 bridgehead atoms. The van der Waals surface area contributed by atoms with Gasteiger partial charge in [0.05, 0.1) is 23.2 Å². The van der Waals surface area contributed by atoms with Crippen LogP contribution in [0, 0.1) is 6.92 Å². The Morgan fingerprint density at radius 1 is 1.43 bits per heavy atom. The summed E-state index contributed by atoms with van der Waals surface area (Å²) >= 11 is 6.51. The van der Waals surface area contributed by atoms with Crippen molar-refractivity contribution < 1.29 is 23.1 Å². The summed E-state index contributed by atoms with van der Waals surface area (Å²) in [6, 6.07) is 4.36. The smallest absolute Gasteiger partial charge is 0.269 e. The molecule has 2 amide bonds. The van der Waals surface area contributed by atoms with Crippen LogP contribution in [0.1, 0.15) is 44.0 Å². The number of hydrogen-bond acceptors (Lipinski definition) is 4. The molecule has 0 spiro atoms. The maximum Gasteiger partial charge on any atom is 0.269 e. The van der Waals surface area contributed by atoms with Crippen molar-refractivity contribution in [1.29, 1.82) is 0 Å². The lowest BCUT2D eigenvalue weighted by Crippen LogP contribution is -2.37. The lowest BCUT2D eigenvalue weighted by atomic mass is 9.97. The lowest BCUT2D eigenvalue weighted by molar-refractivity contribution is 0.0113.